The van der Waals surface area contributed by atoms with Gasteiger partial charge in [0.25, 0.3) is 0 Å². The number of aromatic nitrogens is 2. The van der Waals surface area contributed by atoms with Gasteiger partial charge in [0, 0.05) is 23.4 Å². The number of alkyl halides is 3. The Morgan fingerprint density at radius 3 is 2.81 bits per heavy atom. The molecule has 0 saturated heterocycles. The summed E-state index contributed by atoms with van der Waals surface area (Å²) in [6, 6.07) is 4.44. The lowest BCUT2D eigenvalue weighted by atomic mass is 10.3. The Balaban J connectivity index is 2.41. The molecule has 0 atom stereocenters. The second-order valence-electron chi connectivity index (χ2n) is 4.21. The van der Waals surface area contributed by atoms with Gasteiger partial charge in [-0.2, -0.15) is 0 Å². The standard InChI is InChI=1S/C13H13BrF3N3O/c1-2-5-18-12-19-6-7-20(12)10-4-3-9(14)8-11(10)21-13(15,16)17/h3-4,6-8H,2,5H2,1H3,(H,18,19). The van der Waals surface area contributed by atoms with Crippen molar-refractivity contribution in [3.63, 3.8) is 0 Å². The lowest BCUT2D eigenvalue weighted by molar-refractivity contribution is -0.274. The van der Waals surface area contributed by atoms with Crippen molar-refractivity contribution in [2.75, 3.05) is 11.9 Å². The van der Waals surface area contributed by atoms with E-state index in [1.165, 1.54) is 22.9 Å². The highest BCUT2D eigenvalue weighted by atomic mass is 79.9. The maximum absolute atomic E-state index is 12.5. The first kappa shape index (κ1) is 15.7. The molecule has 0 unspecified atom stereocenters. The normalized spacial score (nSPS) is 11.5. The summed E-state index contributed by atoms with van der Waals surface area (Å²) in [6.45, 7) is 2.65. The van der Waals surface area contributed by atoms with Gasteiger partial charge in [-0.3, -0.25) is 4.57 Å². The van der Waals surface area contributed by atoms with Gasteiger partial charge in [-0.05, 0) is 24.6 Å². The fourth-order valence-corrected chi connectivity index (χ4v) is 2.10. The molecule has 1 N–H and O–H groups in total. The van der Waals surface area contributed by atoms with Crippen molar-refractivity contribution in [2.45, 2.75) is 19.7 Å². The molecule has 21 heavy (non-hydrogen) atoms. The Hall–Kier alpha value is -1.70. The molecule has 0 aliphatic heterocycles. The fraction of sp³-hybridized carbons (Fsp3) is 0.308. The van der Waals surface area contributed by atoms with E-state index >= 15 is 0 Å². The molecule has 0 fully saturated rings. The number of benzene rings is 1. The first-order chi connectivity index (χ1) is 9.90. The van der Waals surface area contributed by atoms with Crippen molar-refractivity contribution in [3.8, 4) is 11.4 Å². The predicted molar refractivity (Wildman–Crippen MR) is 76.7 cm³/mol. The molecule has 0 amide bonds. The first-order valence-corrected chi connectivity index (χ1v) is 7.03. The monoisotopic (exact) mass is 363 g/mol. The fourth-order valence-electron chi connectivity index (χ4n) is 1.76. The average molecular weight is 364 g/mol. The number of nitrogens with zero attached hydrogens (tertiary/aromatic N) is 2. The van der Waals surface area contributed by atoms with Crippen LogP contribution in [0.25, 0.3) is 5.69 Å². The SMILES string of the molecule is CCCNc1nccn1-c1ccc(Br)cc1OC(F)(F)F. The summed E-state index contributed by atoms with van der Waals surface area (Å²) in [5.41, 5.74) is 0.256. The van der Waals surface area contributed by atoms with E-state index in [4.69, 9.17) is 0 Å². The average Bonchev–Trinajstić information content (AvgIpc) is 2.82. The molecule has 0 bridgehead atoms. The third-order valence-electron chi connectivity index (χ3n) is 2.58. The van der Waals surface area contributed by atoms with Crippen LogP contribution in [0.3, 0.4) is 0 Å². The van der Waals surface area contributed by atoms with Gasteiger partial charge in [0.05, 0.1) is 5.69 Å². The second-order valence-corrected chi connectivity index (χ2v) is 5.12. The molecule has 2 aromatic rings. The summed E-state index contributed by atoms with van der Waals surface area (Å²) >= 11 is 3.14. The molecule has 1 heterocycles. The van der Waals surface area contributed by atoms with E-state index < -0.39 is 6.36 Å². The van der Waals surface area contributed by atoms with E-state index in [1.807, 2.05) is 6.92 Å². The summed E-state index contributed by atoms with van der Waals surface area (Å²) in [5, 5.41) is 3.05. The number of halogens is 4. The third kappa shape index (κ3) is 4.13. The largest absolute Gasteiger partial charge is 0.573 e. The summed E-state index contributed by atoms with van der Waals surface area (Å²) < 4.78 is 43.7. The number of hydrogen-bond acceptors (Lipinski definition) is 3. The zero-order chi connectivity index (χ0) is 15.5. The van der Waals surface area contributed by atoms with E-state index in [9.17, 15) is 13.2 Å². The number of ether oxygens (including phenoxy) is 1. The zero-order valence-electron chi connectivity index (χ0n) is 11.1. The molecule has 0 radical (unpaired) electrons. The highest BCUT2D eigenvalue weighted by Gasteiger charge is 2.32. The van der Waals surface area contributed by atoms with E-state index in [1.54, 1.807) is 12.3 Å². The number of hydrogen-bond donors (Lipinski definition) is 1. The van der Waals surface area contributed by atoms with E-state index in [-0.39, 0.29) is 11.4 Å². The van der Waals surface area contributed by atoms with Crippen LogP contribution in [-0.4, -0.2) is 22.5 Å². The number of anilines is 1. The smallest absolute Gasteiger partial charge is 0.403 e. The van der Waals surface area contributed by atoms with Crippen molar-refractivity contribution in [2.24, 2.45) is 0 Å². The summed E-state index contributed by atoms with van der Waals surface area (Å²) in [7, 11) is 0. The van der Waals surface area contributed by atoms with Crippen molar-refractivity contribution >= 4 is 21.9 Å². The number of nitrogens with one attached hydrogen (secondary N) is 1. The molecular weight excluding hydrogens is 351 g/mol. The maximum atomic E-state index is 12.5. The number of rotatable bonds is 5. The summed E-state index contributed by atoms with van der Waals surface area (Å²) in [4.78, 5) is 4.09. The number of imidazole rings is 1. The van der Waals surface area contributed by atoms with Crippen LogP contribution in [0.15, 0.2) is 35.1 Å². The molecule has 0 spiro atoms. The Kier molecular flexibility index (Phi) is 4.76. The lowest BCUT2D eigenvalue weighted by Crippen LogP contribution is -2.18. The quantitative estimate of drug-likeness (QED) is 0.857. The minimum absolute atomic E-state index is 0.256. The van der Waals surface area contributed by atoms with Crippen molar-refractivity contribution in [1.29, 1.82) is 0 Å². The molecule has 114 valence electrons. The van der Waals surface area contributed by atoms with Crippen LogP contribution in [-0.2, 0) is 0 Å². The van der Waals surface area contributed by atoms with Gasteiger partial charge >= 0.3 is 6.36 Å². The van der Waals surface area contributed by atoms with Crippen LogP contribution >= 0.6 is 15.9 Å². The topological polar surface area (TPSA) is 39.1 Å². The highest BCUT2D eigenvalue weighted by Crippen LogP contribution is 2.33. The van der Waals surface area contributed by atoms with Crippen LogP contribution in [0.1, 0.15) is 13.3 Å². The van der Waals surface area contributed by atoms with Gasteiger partial charge in [-0.25, -0.2) is 4.98 Å². The Morgan fingerprint density at radius 2 is 2.14 bits per heavy atom. The Bertz CT molecular complexity index is 613. The molecule has 1 aromatic heterocycles. The molecule has 4 nitrogen and oxygen atoms in total. The summed E-state index contributed by atoms with van der Waals surface area (Å²) in [5.74, 6) is 0.167. The van der Waals surface area contributed by atoms with Gasteiger partial charge < -0.3 is 10.1 Å². The van der Waals surface area contributed by atoms with Gasteiger partial charge in [0.2, 0.25) is 5.95 Å². The van der Waals surface area contributed by atoms with Crippen molar-refractivity contribution < 1.29 is 17.9 Å². The van der Waals surface area contributed by atoms with E-state index in [0.717, 1.165) is 6.42 Å². The molecule has 0 aliphatic rings. The van der Waals surface area contributed by atoms with Gasteiger partial charge in [-0.15, -0.1) is 13.2 Å². The van der Waals surface area contributed by atoms with E-state index in [2.05, 4.69) is 31.0 Å². The van der Waals surface area contributed by atoms with Gasteiger partial charge in [-0.1, -0.05) is 22.9 Å². The van der Waals surface area contributed by atoms with Crippen molar-refractivity contribution in [1.82, 2.24) is 9.55 Å². The maximum Gasteiger partial charge on any atom is 0.573 e. The summed E-state index contributed by atoms with van der Waals surface area (Å²) in [6.07, 6.45) is -0.798. The lowest BCUT2D eigenvalue weighted by Gasteiger charge is -2.16. The molecule has 0 aliphatic carbocycles. The zero-order valence-corrected chi connectivity index (χ0v) is 12.7. The molecule has 8 heteroatoms. The van der Waals surface area contributed by atoms with Crippen LogP contribution < -0.4 is 10.1 Å². The minimum atomic E-state index is -4.76. The second kappa shape index (κ2) is 6.38. The highest BCUT2D eigenvalue weighted by molar-refractivity contribution is 9.10. The Labute approximate surface area is 128 Å². The first-order valence-electron chi connectivity index (χ1n) is 6.23. The van der Waals surface area contributed by atoms with Gasteiger partial charge in [0.1, 0.15) is 0 Å². The van der Waals surface area contributed by atoms with Gasteiger partial charge in [0.15, 0.2) is 5.75 Å². The Morgan fingerprint density at radius 1 is 1.38 bits per heavy atom. The van der Waals surface area contributed by atoms with Crippen LogP contribution in [0.4, 0.5) is 19.1 Å². The predicted octanol–water partition coefficient (Wildman–Crippen LogP) is 4.36. The van der Waals surface area contributed by atoms with Crippen LogP contribution in [0.5, 0.6) is 5.75 Å². The van der Waals surface area contributed by atoms with Crippen LogP contribution in [0, 0.1) is 0 Å². The molecule has 2 rings (SSSR count). The molecular formula is C13H13BrF3N3O. The third-order valence-corrected chi connectivity index (χ3v) is 3.07. The molecule has 0 saturated carbocycles. The molecule has 1 aromatic carbocycles. The minimum Gasteiger partial charge on any atom is -0.403 e. The van der Waals surface area contributed by atoms with Crippen LogP contribution in [0.2, 0.25) is 0 Å². The van der Waals surface area contributed by atoms with Crippen molar-refractivity contribution in [3.05, 3.63) is 35.1 Å². The van der Waals surface area contributed by atoms with E-state index in [0.29, 0.717) is 17.0 Å².